The van der Waals surface area contributed by atoms with Crippen molar-refractivity contribution in [2.24, 2.45) is 0 Å². The molecule has 1 aliphatic heterocycles. The maximum absolute atomic E-state index is 12.9. The minimum Gasteiger partial charge on any atom is -0.492 e. The predicted octanol–water partition coefficient (Wildman–Crippen LogP) is 5.52. The van der Waals surface area contributed by atoms with Crippen LogP contribution in [0.1, 0.15) is 28.8 Å². The van der Waals surface area contributed by atoms with Crippen LogP contribution in [0.15, 0.2) is 103 Å². The van der Waals surface area contributed by atoms with Gasteiger partial charge in [0.15, 0.2) is 0 Å². The van der Waals surface area contributed by atoms with Crippen molar-refractivity contribution in [2.45, 2.75) is 19.4 Å². The van der Waals surface area contributed by atoms with E-state index in [0.717, 1.165) is 11.3 Å². The number of benzene rings is 4. The molecule has 0 aliphatic carbocycles. The number of hydrogen-bond acceptors (Lipinski definition) is 6. The summed E-state index contributed by atoms with van der Waals surface area (Å²) in [7, 11) is 0. The number of nitrogens with one attached hydrogen (secondary N) is 1. The van der Waals surface area contributed by atoms with Crippen LogP contribution in [0.4, 0.5) is 5.69 Å². The maximum atomic E-state index is 12.9. The summed E-state index contributed by atoms with van der Waals surface area (Å²) in [5, 5.41) is 2.86. The lowest BCUT2D eigenvalue weighted by molar-refractivity contribution is -0.121. The van der Waals surface area contributed by atoms with Crippen molar-refractivity contribution in [1.82, 2.24) is 5.32 Å². The summed E-state index contributed by atoms with van der Waals surface area (Å²) in [6.07, 6.45) is 0.483. The highest BCUT2D eigenvalue weighted by atomic mass is 16.5. The topological polar surface area (TPSA) is 94.2 Å². The van der Waals surface area contributed by atoms with E-state index in [0.29, 0.717) is 35.0 Å². The molecule has 40 heavy (non-hydrogen) atoms. The van der Waals surface area contributed by atoms with Gasteiger partial charge in [0.05, 0.1) is 17.8 Å². The van der Waals surface area contributed by atoms with Gasteiger partial charge < -0.3 is 19.5 Å². The molecule has 0 radical (unpaired) electrons. The number of nitrogens with zero attached hydrogens (tertiary/aromatic N) is 1. The third kappa shape index (κ3) is 6.66. The second-order valence-corrected chi connectivity index (χ2v) is 9.07. The van der Waals surface area contributed by atoms with Crippen LogP contribution in [0.3, 0.4) is 0 Å². The molecule has 1 N–H and O–H groups in total. The van der Waals surface area contributed by atoms with Crippen molar-refractivity contribution in [3.05, 3.63) is 114 Å². The fourth-order valence-corrected chi connectivity index (χ4v) is 4.23. The molecule has 8 heteroatoms. The number of ether oxygens (including phenoxy) is 3. The first-order valence-electron chi connectivity index (χ1n) is 13.0. The van der Waals surface area contributed by atoms with Crippen LogP contribution in [-0.4, -0.2) is 30.9 Å². The Morgan fingerprint density at radius 3 is 2.17 bits per heavy atom. The summed E-state index contributed by atoms with van der Waals surface area (Å²) in [5.41, 5.74) is 1.80. The van der Waals surface area contributed by atoms with Gasteiger partial charge in [-0.2, -0.15) is 0 Å². The van der Waals surface area contributed by atoms with Gasteiger partial charge in [0.2, 0.25) is 11.8 Å². The summed E-state index contributed by atoms with van der Waals surface area (Å²) in [5.74, 6) is 1.82. The molecule has 4 aromatic carbocycles. The molecule has 0 unspecified atom stereocenters. The highest BCUT2D eigenvalue weighted by Crippen LogP contribution is 2.26. The van der Waals surface area contributed by atoms with E-state index >= 15 is 0 Å². The van der Waals surface area contributed by atoms with Gasteiger partial charge in [-0.1, -0.05) is 48.5 Å². The molecule has 202 valence electrons. The quantitative estimate of drug-likeness (QED) is 0.200. The van der Waals surface area contributed by atoms with Crippen LogP contribution in [0.25, 0.3) is 0 Å². The lowest BCUT2D eigenvalue weighted by Crippen LogP contribution is -2.28. The zero-order chi connectivity index (χ0) is 27.7. The lowest BCUT2D eigenvalue weighted by atomic mass is 10.1. The van der Waals surface area contributed by atoms with E-state index in [-0.39, 0.29) is 43.8 Å². The Labute approximate surface area is 232 Å². The fourth-order valence-electron chi connectivity index (χ4n) is 4.23. The maximum Gasteiger partial charge on any atom is 0.255 e. The van der Waals surface area contributed by atoms with Gasteiger partial charge in [0, 0.05) is 18.9 Å². The molecule has 1 aliphatic rings. The third-order valence-electron chi connectivity index (χ3n) is 6.21. The number of rotatable bonds is 11. The van der Waals surface area contributed by atoms with Crippen LogP contribution in [-0.2, 0) is 16.2 Å². The smallest absolute Gasteiger partial charge is 0.255 e. The summed E-state index contributed by atoms with van der Waals surface area (Å²) < 4.78 is 17.6. The molecule has 3 amide bonds. The third-order valence-corrected chi connectivity index (χ3v) is 6.21. The molecule has 0 atom stereocenters. The summed E-state index contributed by atoms with van der Waals surface area (Å²) in [4.78, 5) is 38.0. The van der Waals surface area contributed by atoms with Crippen LogP contribution in [0, 0.1) is 0 Å². The molecular weight excluding hydrogens is 508 g/mol. The van der Waals surface area contributed by atoms with E-state index in [4.69, 9.17) is 14.2 Å². The Morgan fingerprint density at radius 1 is 0.725 bits per heavy atom. The second kappa shape index (κ2) is 12.6. The Balaban J connectivity index is 1.11. The Hall–Kier alpha value is -5.11. The van der Waals surface area contributed by atoms with Crippen molar-refractivity contribution in [3.8, 4) is 23.0 Å². The van der Waals surface area contributed by atoms with Gasteiger partial charge >= 0.3 is 0 Å². The number of imide groups is 1. The molecule has 0 spiro atoms. The number of anilines is 1. The Kier molecular flexibility index (Phi) is 8.36. The van der Waals surface area contributed by atoms with E-state index in [2.05, 4.69) is 5.32 Å². The molecule has 5 rings (SSSR count). The highest BCUT2D eigenvalue weighted by Gasteiger charge is 2.30. The number of carbonyl (C=O) groups is 3. The van der Waals surface area contributed by atoms with Crippen molar-refractivity contribution >= 4 is 23.4 Å². The van der Waals surface area contributed by atoms with Gasteiger partial charge in [-0.25, -0.2) is 0 Å². The summed E-state index contributed by atoms with van der Waals surface area (Å²) in [6, 6.07) is 30.9. The van der Waals surface area contributed by atoms with E-state index < -0.39 is 0 Å². The van der Waals surface area contributed by atoms with Gasteiger partial charge in [-0.05, 0) is 54.1 Å². The predicted molar refractivity (Wildman–Crippen MR) is 150 cm³/mol. The average Bonchev–Trinajstić information content (AvgIpc) is 3.32. The molecule has 0 aromatic heterocycles. The summed E-state index contributed by atoms with van der Waals surface area (Å²) >= 11 is 0. The van der Waals surface area contributed by atoms with E-state index in [9.17, 15) is 14.4 Å². The summed E-state index contributed by atoms with van der Waals surface area (Å²) in [6.45, 7) is 0.793. The Morgan fingerprint density at radius 2 is 1.40 bits per heavy atom. The van der Waals surface area contributed by atoms with Crippen LogP contribution in [0.2, 0.25) is 0 Å². The van der Waals surface area contributed by atoms with E-state index in [1.54, 1.807) is 54.6 Å². The largest absolute Gasteiger partial charge is 0.492 e. The van der Waals surface area contributed by atoms with Gasteiger partial charge in [-0.15, -0.1) is 0 Å². The fraction of sp³-hybridized carbons (Fsp3) is 0.156. The Bertz CT molecular complexity index is 1470. The number of para-hydroxylation sites is 2. The number of hydrogen-bond donors (Lipinski definition) is 1. The standard InChI is InChI=1S/C32H28N2O6/c35-30-17-18-31(36)34(30)24-15-13-23(14-16-24)22-39-29-12-5-4-11-28(29)32(37)33-19-20-38-26-9-6-10-27(21-26)40-25-7-2-1-3-8-25/h1-16,21H,17-20,22H2,(H,33,37). The van der Waals surface area contributed by atoms with Gasteiger partial charge in [-0.3, -0.25) is 19.3 Å². The van der Waals surface area contributed by atoms with Gasteiger partial charge in [0.1, 0.15) is 36.2 Å². The average molecular weight is 537 g/mol. The van der Waals surface area contributed by atoms with Crippen LogP contribution in [0.5, 0.6) is 23.0 Å². The van der Waals surface area contributed by atoms with Gasteiger partial charge in [0.25, 0.3) is 5.91 Å². The van der Waals surface area contributed by atoms with Crippen LogP contribution < -0.4 is 24.4 Å². The van der Waals surface area contributed by atoms with Crippen molar-refractivity contribution < 1.29 is 28.6 Å². The minimum absolute atomic E-state index is 0.190. The molecule has 1 fully saturated rings. The molecule has 1 saturated heterocycles. The minimum atomic E-state index is -0.276. The number of amides is 3. The first-order valence-corrected chi connectivity index (χ1v) is 13.0. The molecule has 0 saturated carbocycles. The molecule has 0 bridgehead atoms. The second-order valence-electron chi connectivity index (χ2n) is 9.07. The first-order chi connectivity index (χ1) is 19.6. The molecule has 1 heterocycles. The molecule has 8 nitrogen and oxygen atoms in total. The number of carbonyl (C=O) groups excluding carboxylic acids is 3. The monoisotopic (exact) mass is 536 g/mol. The van der Waals surface area contributed by atoms with Crippen molar-refractivity contribution in [3.63, 3.8) is 0 Å². The SMILES string of the molecule is O=C(NCCOc1cccc(Oc2ccccc2)c1)c1ccccc1OCc1ccc(N2C(=O)CCC2=O)cc1. The van der Waals surface area contributed by atoms with E-state index in [1.165, 1.54) is 4.90 Å². The van der Waals surface area contributed by atoms with Crippen molar-refractivity contribution in [2.75, 3.05) is 18.1 Å². The molecular formula is C32H28N2O6. The van der Waals surface area contributed by atoms with Crippen LogP contribution >= 0.6 is 0 Å². The zero-order valence-electron chi connectivity index (χ0n) is 21.7. The normalized spacial score (nSPS) is 12.8. The zero-order valence-corrected chi connectivity index (χ0v) is 21.7. The lowest BCUT2D eigenvalue weighted by Gasteiger charge is -2.15. The molecule has 4 aromatic rings. The van der Waals surface area contributed by atoms with Crippen molar-refractivity contribution in [1.29, 1.82) is 0 Å². The highest BCUT2D eigenvalue weighted by molar-refractivity contribution is 6.19. The first kappa shape index (κ1) is 26.5. The van der Waals surface area contributed by atoms with E-state index in [1.807, 2.05) is 48.5 Å².